The van der Waals surface area contributed by atoms with Crippen LogP contribution < -0.4 is 10.1 Å². The molecule has 0 unspecified atom stereocenters. The van der Waals surface area contributed by atoms with Gasteiger partial charge in [-0.05, 0) is 56.5 Å². The lowest BCUT2D eigenvalue weighted by Gasteiger charge is -2.32. The average Bonchev–Trinajstić information content (AvgIpc) is 2.56. The average molecular weight is 322 g/mol. The van der Waals surface area contributed by atoms with E-state index in [9.17, 15) is 9.18 Å². The fourth-order valence-electron chi connectivity index (χ4n) is 2.91. The van der Waals surface area contributed by atoms with Crippen molar-refractivity contribution in [3.63, 3.8) is 0 Å². The van der Waals surface area contributed by atoms with Crippen LogP contribution in [0.1, 0.15) is 39.5 Å². The van der Waals surface area contributed by atoms with E-state index in [4.69, 9.17) is 4.74 Å². The number of carbonyl (C=O) groups excluding carboxylic acids is 1. The van der Waals surface area contributed by atoms with Gasteiger partial charge >= 0.3 is 0 Å². The monoisotopic (exact) mass is 322 g/mol. The molecule has 23 heavy (non-hydrogen) atoms. The first-order chi connectivity index (χ1) is 11.1. The van der Waals surface area contributed by atoms with Gasteiger partial charge in [0.2, 0.25) is 0 Å². The lowest BCUT2D eigenvalue weighted by molar-refractivity contribution is -0.129. The van der Waals surface area contributed by atoms with Crippen molar-refractivity contribution in [2.24, 2.45) is 0 Å². The second kappa shape index (κ2) is 8.87. The topological polar surface area (TPSA) is 41.6 Å². The van der Waals surface area contributed by atoms with Gasteiger partial charge in [0.1, 0.15) is 11.6 Å². The van der Waals surface area contributed by atoms with Gasteiger partial charge in [0.25, 0.3) is 5.91 Å². The molecule has 1 saturated heterocycles. The van der Waals surface area contributed by atoms with E-state index in [0.29, 0.717) is 12.2 Å². The van der Waals surface area contributed by atoms with Crippen LogP contribution in [0.4, 0.5) is 4.39 Å². The number of nitrogens with one attached hydrogen (secondary N) is 1. The van der Waals surface area contributed by atoms with Gasteiger partial charge in [-0.3, -0.25) is 4.79 Å². The number of hydrogen-bond acceptors (Lipinski definition) is 3. The Hall–Kier alpha value is -1.62. The van der Waals surface area contributed by atoms with Crippen LogP contribution in [-0.2, 0) is 4.79 Å². The molecular formula is C18H27FN2O2. The van der Waals surface area contributed by atoms with Crippen LogP contribution in [0.5, 0.6) is 5.75 Å². The largest absolute Gasteiger partial charge is 0.481 e. The number of benzene rings is 1. The van der Waals surface area contributed by atoms with Crippen molar-refractivity contribution in [1.82, 2.24) is 10.2 Å². The minimum Gasteiger partial charge on any atom is -0.481 e. The molecule has 1 N–H and O–H groups in total. The fourth-order valence-corrected chi connectivity index (χ4v) is 2.91. The Morgan fingerprint density at radius 1 is 1.30 bits per heavy atom. The molecule has 0 aliphatic carbocycles. The van der Waals surface area contributed by atoms with Crippen molar-refractivity contribution >= 4 is 5.91 Å². The molecule has 0 saturated carbocycles. The quantitative estimate of drug-likeness (QED) is 0.839. The molecule has 1 heterocycles. The summed E-state index contributed by atoms with van der Waals surface area (Å²) < 4.78 is 18.6. The second-order valence-electron chi connectivity index (χ2n) is 6.09. The van der Waals surface area contributed by atoms with Crippen molar-refractivity contribution in [2.75, 3.05) is 19.6 Å². The molecule has 1 aliphatic heterocycles. The van der Waals surface area contributed by atoms with E-state index in [2.05, 4.69) is 17.1 Å². The van der Waals surface area contributed by atoms with Gasteiger partial charge in [0.15, 0.2) is 6.10 Å². The Labute approximate surface area is 138 Å². The number of ether oxygens (including phenoxy) is 1. The normalized spacial score (nSPS) is 17.7. The number of nitrogens with zero attached hydrogens (tertiary/aromatic N) is 1. The third-order valence-corrected chi connectivity index (χ3v) is 4.23. The van der Waals surface area contributed by atoms with Crippen molar-refractivity contribution in [3.8, 4) is 5.75 Å². The number of rotatable bonds is 7. The van der Waals surface area contributed by atoms with Gasteiger partial charge in [-0.2, -0.15) is 0 Å². The number of amides is 1. The predicted octanol–water partition coefficient (Wildman–Crippen LogP) is 2.97. The van der Waals surface area contributed by atoms with E-state index in [-0.39, 0.29) is 17.8 Å². The van der Waals surface area contributed by atoms with E-state index < -0.39 is 6.10 Å². The minimum absolute atomic E-state index is 0.0780. The standard InChI is InChI=1S/C18H27FN2O2/c1-3-11-21-12-9-15(10-13-21)20-18(22)17(4-2)23-16-7-5-14(19)6-8-16/h5-8,15,17H,3-4,9-13H2,1-2H3,(H,20,22)/t17-/m0/s1. The molecule has 4 nitrogen and oxygen atoms in total. The third kappa shape index (κ3) is 5.50. The van der Waals surface area contributed by atoms with Gasteiger partial charge in [0.05, 0.1) is 0 Å². The Bertz CT molecular complexity index is 484. The smallest absolute Gasteiger partial charge is 0.261 e. The van der Waals surface area contributed by atoms with Crippen molar-refractivity contribution in [1.29, 1.82) is 0 Å². The Kier molecular flexibility index (Phi) is 6.84. The number of hydrogen-bond donors (Lipinski definition) is 1. The molecule has 1 aromatic rings. The van der Waals surface area contributed by atoms with Crippen LogP contribution in [-0.4, -0.2) is 42.6 Å². The number of piperidine rings is 1. The fraction of sp³-hybridized carbons (Fsp3) is 0.611. The zero-order valence-corrected chi connectivity index (χ0v) is 14.1. The highest BCUT2D eigenvalue weighted by Gasteiger charge is 2.24. The molecule has 2 rings (SSSR count). The number of carbonyl (C=O) groups is 1. The molecule has 0 radical (unpaired) electrons. The highest BCUT2D eigenvalue weighted by Crippen LogP contribution is 2.16. The predicted molar refractivity (Wildman–Crippen MR) is 89.0 cm³/mol. The van der Waals surface area contributed by atoms with Gasteiger partial charge in [-0.25, -0.2) is 4.39 Å². The molecule has 0 aromatic heterocycles. The first-order valence-electron chi connectivity index (χ1n) is 8.57. The maximum absolute atomic E-state index is 12.9. The van der Waals surface area contributed by atoms with Crippen LogP contribution in [0.15, 0.2) is 24.3 Å². The SMILES string of the molecule is CCCN1CCC(NC(=O)[C@H](CC)Oc2ccc(F)cc2)CC1. The molecule has 1 amide bonds. The van der Waals surface area contributed by atoms with E-state index >= 15 is 0 Å². The summed E-state index contributed by atoms with van der Waals surface area (Å²) in [4.78, 5) is 14.8. The molecule has 0 spiro atoms. The Morgan fingerprint density at radius 3 is 2.52 bits per heavy atom. The zero-order chi connectivity index (χ0) is 16.7. The van der Waals surface area contributed by atoms with Gasteiger partial charge in [-0.1, -0.05) is 13.8 Å². The maximum Gasteiger partial charge on any atom is 0.261 e. The van der Waals surface area contributed by atoms with Gasteiger partial charge < -0.3 is 15.0 Å². The molecule has 5 heteroatoms. The third-order valence-electron chi connectivity index (χ3n) is 4.23. The summed E-state index contributed by atoms with van der Waals surface area (Å²) in [5, 5.41) is 3.10. The van der Waals surface area contributed by atoms with Crippen molar-refractivity contribution in [2.45, 2.75) is 51.7 Å². The second-order valence-corrected chi connectivity index (χ2v) is 6.09. The van der Waals surface area contributed by atoms with E-state index in [1.54, 1.807) is 12.1 Å². The first kappa shape index (κ1) is 17.7. The summed E-state index contributed by atoms with van der Waals surface area (Å²) >= 11 is 0. The molecule has 1 atom stereocenters. The highest BCUT2D eigenvalue weighted by molar-refractivity contribution is 5.81. The highest BCUT2D eigenvalue weighted by atomic mass is 19.1. The minimum atomic E-state index is -0.533. The van der Waals surface area contributed by atoms with Crippen LogP contribution in [0.2, 0.25) is 0 Å². The van der Waals surface area contributed by atoms with Crippen molar-refractivity contribution < 1.29 is 13.9 Å². The Morgan fingerprint density at radius 2 is 1.96 bits per heavy atom. The van der Waals surface area contributed by atoms with Crippen LogP contribution >= 0.6 is 0 Å². The summed E-state index contributed by atoms with van der Waals surface area (Å²) in [5.74, 6) is 0.130. The van der Waals surface area contributed by atoms with E-state index in [1.807, 2.05) is 6.92 Å². The summed E-state index contributed by atoms with van der Waals surface area (Å²) in [6.07, 6.45) is 3.18. The van der Waals surface area contributed by atoms with Gasteiger partial charge in [-0.15, -0.1) is 0 Å². The first-order valence-corrected chi connectivity index (χ1v) is 8.57. The zero-order valence-electron chi connectivity index (χ0n) is 14.1. The van der Waals surface area contributed by atoms with Gasteiger partial charge in [0, 0.05) is 19.1 Å². The molecule has 1 aliphatic rings. The molecule has 128 valence electrons. The van der Waals surface area contributed by atoms with Crippen molar-refractivity contribution in [3.05, 3.63) is 30.1 Å². The molecular weight excluding hydrogens is 295 g/mol. The van der Waals surface area contributed by atoms with E-state index in [1.165, 1.54) is 18.6 Å². The lowest BCUT2D eigenvalue weighted by atomic mass is 10.0. The number of halogens is 1. The summed E-state index contributed by atoms with van der Waals surface area (Å²) in [6.45, 7) is 7.30. The molecule has 0 bridgehead atoms. The van der Waals surface area contributed by atoms with Crippen LogP contribution in [0, 0.1) is 5.82 Å². The maximum atomic E-state index is 12.9. The summed E-state index contributed by atoms with van der Waals surface area (Å²) in [7, 11) is 0. The molecule has 1 fully saturated rings. The molecule has 1 aromatic carbocycles. The van der Waals surface area contributed by atoms with Crippen LogP contribution in [0.25, 0.3) is 0 Å². The Balaban J connectivity index is 1.82. The van der Waals surface area contributed by atoms with E-state index in [0.717, 1.165) is 32.5 Å². The van der Waals surface area contributed by atoms with Crippen LogP contribution in [0.3, 0.4) is 0 Å². The lowest BCUT2D eigenvalue weighted by Crippen LogP contribution is -2.48. The summed E-state index contributed by atoms with van der Waals surface area (Å²) in [6, 6.07) is 6.00. The number of likely N-dealkylation sites (tertiary alicyclic amines) is 1. The summed E-state index contributed by atoms with van der Waals surface area (Å²) in [5.41, 5.74) is 0.